The van der Waals surface area contributed by atoms with E-state index in [2.05, 4.69) is 29.7 Å². The highest BCUT2D eigenvalue weighted by Crippen LogP contribution is 2.38. The van der Waals surface area contributed by atoms with Crippen LogP contribution in [0.1, 0.15) is 30.7 Å². The molecule has 1 aliphatic rings. The molecule has 0 aliphatic carbocycles. The van der Waals surface area contributed by atoms with E-state index in [0.717, 1.165) is 38.4 Å². The molecule has 0 unspecified atom stereocenters. The van der Waals surface area contributed by atoms with E-state index in [9.17, 15) is 4.79 Å². The van der Waals surface area contributed by atoms with Gasteiger partial charge in [-0.3, -0.25) is 9.69 Å². The standard InChI is InChI=1S/C29H26ClN3OS/c1-19(2)33-28(34)27(35-29(33)31-22-12-5-4-6-13-22)17-24-20(3)32(26-16-10-8-14-23(24)26)18-21-11-7-9-15-25(21)30/h4-17,19H,18H2,1-3H3/b27-17+,31-29?. The maximum absolute atomic E-state index is 13.5. The lowest BCUT2D eigenvalue weighted by Crippen LogP contribution is -2.35. The summed E-state index contributed by atoms with van der Waals surface area (Å²) in [6.07, 6.45) is 2.02. The highest BCUT2D eigenvalue weighted by Gasteiger charge is 2.35. The molecule has 176 valence electrons. The lowest BCUT2D eigenvalue weighted by Gasteiger charge is -2.19. The fourth-order valence-corrected chi connectivity index (χ4v) is 5.70. The summed E-state index contributed by atoms with van der Waals surface area (Å²) in [5.74, 6) is -0.0120. The first-order chi connectivity index (χ1) is 16.9. The normalized spacial score (nSPS) is 16.4. The summed E-state index contributed by atoms with van der Waals surface area (Å²) in [7, 11) is 0. The number of para-hydroxylation sites is 2. The van der Waals surface area contributed by atoms with Crippen molar-refractivity contribution in [2.75, 3.05) is 0 Å². The largest absolute Gasteiger partial charge is 0.340 e. The molecule has 0 bridgehead atoms. The first-order valence-corrected chi connectivity index (χ1v) is 12.8. The zero-order valence-corrected chi connectivity index (χ0v) is 21.5. The molecule has 0 saturated carbocycles. The van der Waals surface area contributed by atoms with Crippen molar-refractivity contribution >= 4 is 57.1 Å². The zero-order valence-electron chi connectivity index (χ0n) is 19.9. The number of aliphatic imine (C=N–C) groups is 1. The maximum atomic E-state index is 13.5. The average Bonchev–Trinajstić information content (AvgIpc) is 3.30. The van der Waals surface area contributed by atoms with Crippen LogP contribution < -0.4 is 0 Å². The number of carbonyl (C=O) groups is 1. The van der Waals surface area contributed by atoms with Gasteiger partial charge < -0.3 is 4.57 Å². The fraction of sp³-hybridized carbons (Fsp3) is 0.172. The second kappa shape index (κ2) is 9.76. The van der Waals surface area contributed by atoms with Gasteiger partial charge in [0.2, 0.25) is 0 Å². The molecule has 0 atom stereocenters. The smallest absolute Gasteiger partial charge is 0.266 e. The van der Waals surface area contributed by atoms with E-state index in [-0.39, 0.29) is 11.9 Å². The summed E-state index contributed by atoms with van der Waals surface area (Å²) in [5.41, 5.74) is 5.16. The van der Waals surface area contributed by atoms with Crippen molar-refractivity contribution < 1.29 is 4.79 Å². The molecule has 2 heterocycles. The number of fused-ring (bicyclic) bond motifs is 1. The minimum atomic E-state index is -0.0120. The summed E-state index contributed by atoms with van der Waals surface area (Å²) in [4.78, 5) is 20.7. The SMILES string of the molecule is Cc1c(/C=C2/SC(=Nc3ccccc3)N(C(C)C)C2=O)c2ccccc2n1Cc1ccccc1Cl. The monoisotopic (exact) mass is 499 g/mol. The van der Waals surface area contributed by atoms with Crippen LogP contribution in [-0.4, -0.2) is 26.6 Å². The highest BCUT2D eigenvalue weighted by atomic mass is 35.5. The summed E-state index contributed by atoms with van der Waals surface area (Å²) in [6, 6.07) is 26.0. The number of nitrogens with zero attached hydrogens (tertiary/aromatic N) is 3. The predicted molar refractivity (Wildman–Crippen MR) is 148 cm³/mol. The second-order valence-electron chi connectivity index (χ2n) is 8.80. The van der Waals surface area contributed by atoms with Crippen molar-refractivity contribution in [1.29, 1.82) is 0 Å². The van der Waals surface area contributed by atoms with Crippen molar-refractivity contribution in [3.63, 3.8) is 0 Å². The summed E-state index contributed by atoms with van der Waals surface area (Å²) >= 11 is 7.91. The van der Waals surface area contributed by atoms with Gasteiger partial charge in [-0.05, 0) is 68.4 Å². The van der Waals surface area contributed by atoms with Crippen molar-refractivity contribution in [2.24, 2.45) is 4.99 Å². The van der Waals surface area contributed by atoms with Gasteiger partial charge in [0, 0.05) is 39.8 Å². The number of thioether (sulfide) groups is 1. The maximum Gasteiger partial charge on any atom is 0.266 e. The van der Waals surface area contributed by atoms with E-state index in [1.807, 2.05) is 80.6 Å². The topological polar surface area (TPSA) is 37.6 Å². The van der Waals surface area contributed by atoms with Gasteiger partial charge >= 0.3 is 0 Å². The quantitative estimate of drug-likeness (QED) is 0.264. The summed E-state index contributed by atoms with van der Waals surface area (Å²) in [6.45, 7) is 6.80. The van der Waals surface area contributed by atoms with E-state index in [1.165, 1.54) is 11.8 Å². The number of aromatic nitrogens is 1. The number of hydrogen-bond donors (Lipinski definition) is 0. The van der Waals surface area contributed by atoms with Crippen molar-refractivity contribution in [2.45, 2.75) is 33.4 Å². The number of halogens is 1. The molecule has 5 rings (SSSR count). The average molecular weight is 500 g/mol. The molecule has 3 aromatic carbocycles. The number of rotatable bonds is 5. The first kappa shape index (κ1) is 23.5. The molecule has 0 radical (unpaired) electrons. The van der Waals surface area contributed by atoms with Crippen LogP contribution in [0, 0.1) is 6.92 Å². The summed E-state index contributed by atoms with van der Waals surface area (Å²) in [5, 5.41) is 2.57. The molecule has 1 amide bonds. The molecule has 0 spiro atoms. The molecule has 1 saturated heterocycles. The third kappa shape index (κ3) is 4.54. The lowest BCUT2D eigenvalue weighted by atomic mass is 10.1. The van der Waals surface area contributed by atoms with Gasteiger partial charge in [0.05, 0.1) is 10.6 Å². The van der Waals surface area contributed by atoms with Crippen LogP contribution in [0.4, 0.5) is 5.69 Å². The molecule has 35 heavy (non-hydrogen) atoms. The Balaban J connectivity index is 1.59. The summed E-state index contributed by atoms with van der Waals surface area (Å²) < 4.78 is 2.27. The van der Waals surface area contributed by atoms with Gasteiger partial charge in [0.25, 0.3) is 5.91 Å². The van der Waals surface area contributed by atoms with Gasteiger partial charge in [-0.15, -0.1) is 0 Å². The van der Waals surface area contributed by atoms with Gasteiger partial charge in [0.1, 0.15) is 0 Å². The predicted octanol–water partition coefficient (Wildman–Crippen LogP) is 7.66. The third-order valence-corrected chi connectivity index (χ3v) is 7.53. The number of benzene rings is 3. The zero-order chi connectivity index (χ0) is 24.5. The Morgan fingerprint density at radius 1 is 0.971 bits per heavy atom. The number of amides is 1. The van der Waals surface area contributed by atoms with E-state index >= 15 is 0 Å². The van der Waals surface area contributed by atoms with E-state index in [1.54, 1.807) is 4.90 Å². The Kier molecular flexibility index (Phi) is 6.54. The molecule has 6 heteroatoms. The lowest BCUT2D eigenvalue weighted by molar-refractivity contribution is -0.123. The van der Waals surface area contributed by atoms with Crippen LogP contribution in [0.2, 0.25) is 5.02 Å². The van der Waals surface area contributed by atoms with E-state index in [4.69, 9.17) is 16.6 Å². The number of amidine groups is 1. The number of carbonyl (C=O) groups excluding carboxylic acids is 1. The Morgan fingerprint density at radius 2 is 1.66 bits per heavy atom. The van der Waals surface area contributed by atoms with Crippen LogP contribution in [0.15, 0.2) is 88.8 Å². The third-order valence-electron chi connectivity index (χ3n) is 6.18. The van der Waals surface area contributed by atoms with Crippen LogP contribution in [0.3, 0.4) is 0 Å². The van der Waals surface area contributed by atoms with Crippen molar-refractivity contribution in [3.8, 4) is 0 Å². The van der Waals surface area contributed by atoms with Crippen LogP contribution >= 0.6 is 23.4 Å². The van der Waals surface area contributed by atoms with Crippen LogP contribution in [-0.2, 0) is 11.3 Å². The second-order valence-corrected chi connectivity index (χ2v) is 10.2. The van der Waals surface area contributed by atoms with Crippen molar-refractivity contribution in [3.05, 3.63) is 106 Å². The highest BCUT2D eigenvalue weighted by molar-refractivity contribution is 8.18. The van der Waals surface area contributed by atoms with Crippen LogP contribution in [0.5, 0.6) is 0 Å². The van der Waals surface area contributed by atoms with Gasteiger partial charge in [-0.1, -0.05) is 66.2 Å². The first-order valence-electron chi connectivity index (χ1n) is 11.6. The molecular weight excluding hydrogens is 474 g/mol. The molecule has 0 N–H and O–H groups in total. The van der Waals surface area contributed by atoms with Gasteiger partial charge in [0.15, 0.2) is 5.17 Å². The Labute approximate surface area is 214 Å². The molecular formula is C29H26ClN3OS. The Hall–Kier alpha value is -3.28. The number of hydrogen-bond acceptors (Lipinski definition) is 3. The molecule has 1 aliphatic heterocycles. The van der Waals surface area contributed by atoms with Crippen LogP contribution in [0.25, 0.3) is 17.0 Å². The minimum absolute atomic E-state index is 0.00558. The molecule has 4 aromatic rings. The van der Waals surface area contributed by atoms with E-state index < -0.39 is 0 Å². The minimum Gasteiger partial charge on any atom is -0.340 e. The Bertz CT molecular complexity index is 1470. The van der Waals surface area contributed by atoms with Gasteiger partial charge in [-0.2, -0.15) is 0 Å². The van der Waals surface area contributed by atoms with Crippen molar-refractivity contribution in [1.82, 2.24) is 9.47 Å². The molecule has 1 aromatic heterocycles. The van der Waals surface area contributed by atoms with Gasteiger partial charge in [-0.25, -0.2) is 4.99 Å². The molecule has 1 fully saturated rings. The molecule has 4 nitrogen and oxygen atoms in total. The fourth-order valence-electron chi connectivity index (χ4n) is 4.40. The Morgan fingerprint density at radius 3 is 2.40 bits per heavy atom. The van der Waals surface area contributed by atoms with E-state index in [0.29, 0.717) is 16.6 Å².